The highest BCUT2D eigenvalue weighted by Crippen LogP contribution is 2.36. The molecule has 0 unspecified atom stereocenters. The van der Waals surface area contributed by atoms with Gasteiger partial charge in [0.15, 0.2) is 0 Å². The standard InChI is InChI=1S/C21H19N5O2/c27-20-17(15-2-1-5-22-9-15)3-4-19-16-8-14(12-26(19)20)11-25(13-16)21(28)18-10-23-6-7-24-18/h1-7,9-10,14,16H,8,11-13H2/t14-,16+/m0/s1. The lowest BCUT2D eigenvalue weighted by Crippen LogP contribution is -2.49. The number of pyridine rings is 2. The monoisotopic (exact) mass is 373 g/mol. The van der Waals surface area contributed by atoms with Crippen LogP contribution in [0.25, 0.3) is 11.1 Å². The number of hydrogen-bond acceptors (Lipinski definition) is 5. The molecule has 2 aliphatic heterocycles. The first kappa shape index (κ1) is 16.8. The van der Waals surface area contributed by atoms with E-state index in [0.29, 0.717) is 30.9 Å². The summed E-state index contributed by atoms with van der Waals surface area (Å²) in [4.78, 5) is 40.0. The van der Waals surface area contributed by atoms with Crippen LogP contribution in [0.5, 0.6) is 0 Å². The van der Waals surface area contributed by atoms with Gasteiger partial charge in [0, 0.05) is 67.2 Å². The minimum absolute atomic E-state index is 0.0221. The van der Waals surface area contributed by atoms with Gasteiger partial charge in [0.25, 0.3) is 11.5 Å². The van der Waals surface area contributed by atoms with Gasteiger partial charge in [-0.05, 0) is 30.5 Å². The number of piperidine rings is 1. The molecule has 0 radical (unpaired) electrons. The molecule has 1 fully saturated rings. The molecule has 0 aromatic carbocycles. The highest BCUT2D eigenvalue weighted by molar-refractivity contribution is 5.92. The van der Waals surface area contributed by atoms with Gasteiger partial charge in [-0.15, -0.1) is 0 Å². The first-order valence-electron chi connectivity index (χ1n) is 9.40. The molecule has 1 amide bonds. The van der Waals surface area contributed by atoms with Crippen LogP contribution in [0.4, 0.5) is 0 Å². The zero-order valence-corrected chi connectivity index (χ0v) is 15.2. The highest BCUT2D eigenvalue weighted by atomic mass is 16.2. The summed E-state index contributed by atoms with van der Waals surface area (Å²) in [6.45, 7) is 1.86. The molecule has 2 atom stereocenters. The second kappa shape index (κ2) is 6.67. The first-order chi connectivity index (χ1) is 13.7. The van der Waals surface area contributed by atoms with E-state index in [-0.39, 0.29) is 23.3 Å². The Morgan fingerprint density at radius 1 is 1.00 bits per heavy atom. The molecule has 2 aliphatic rings. The fourth-order valence-corrected chi connectivity index (χ4v) is 4.42. The molecule has 1 saturated heterocycles. The predicted molar refractivity (Wildman–Crippen MR) is 103 cm³/mol. The normalized spacial score (nSPS) is 20.5. The SMILES string of the molecule is O=C(c1cnccn1)N1C[C@@H]2C[C@H](C1)c1ccc(-c3cccnc3)c(=O)n1C2. The van der Waals surface area contributed by atoms with E-state index >= 15 is 0 Å². The number of rotatable bonds is 2. The lowest BCUT2D eigenvalue weighted by Gasteiger charge is -2.42. The van der Waals surface area contributed by atoms with Gasteiger partial charge in [-0.25, -0.2) is 4.98 Å². The Balaban J connectivity index is 1.47. The lowest BCUT2D eigenvalue weighted by molar-refractivity contribution is 0.0588. The zero-order chi connectivity index (χ0) is 19.1. The van der Waals surface area contributed by atoms with Crippen LogP contribution in [-0.4, -0.2) is 43.4 Å². The van der Waals surface area contributed by atoms with Crippen LogP contribution < -0.4 is 5.56 Å². The number of carbonyl (C=O) groups excluding carboxylic acids is 1. The minimum Gasteiger partial charge on any atom is -0.336 e. The highest BCUT2D eigenvalue weighted by Gasteiger charge is 2.37. The summed E-state index contributed by atoms with van der Waals surface area (Å²) in [5.74, 6) is 0.322. The number of hydrogen-bond donors (Lipinski definition) is 0. The van der Waals surface area contributed by atoms with Crippen LogP contribution in [-0.2, 0) is 6.54 Å². The molecule has 5 rings (SSSR count). The molecular formula is C21H19N5O2. The minimum atomic E-state index is -0.0921. The Kier molecular flexibility index (Phi) is 4.00. The smallest absolute Gasteiger partial charge is 0.274 e. The fraction of sp³-hybridized carbons (Fsp3) is 0.286. The van der Waals surface area contributed by atoms with Gasteiger partial charge in [-0.3, -0.25) is 19.6 Å². The molecule has 28 heavy (non-hydrogen) atoms. The molecule has 0 spiro atoms. The van der Waals surface area contributed by atoms with Gasteiger partial charge in [-0.2, -0.15) is 0 Å². The molecule has 0 aliphatic carbocycles. The average molecular weight is 373 g/mol. The van der Waals surface area contributed by atoms with E-state index in [9.17, 15) is 9.59 Å². The second-order valence-corrected chi connectivity index (χ2v) is 7.43. The van der Waals surface area contributed by atoms with Crippen molar-refractivity contribution >= 4 is 5.91 Å². The van der Waals surface area contributed by atoms with Crippen molar-refractivity contribution in [3.8, 4) is 11.1 Å². The van der Waals surface area contributed by atoms with Crippen molar-refractivity contribution in [2.45, 2.75) is 18.9 Å². The van der Waals surface area contributed by atoms with Crippen molar-refractivity contribution in [1.82, 2.24) is 24.4 Å². The third-order valence-corrected chi connectivity index (χ3v) is 5.65. The predicted octanol–water partition coefficient (Wildman–Crippen LogP) is 1.96. The molecule has 7 nitrogen and oxygen atoms in total. The number of nitrogens with zero attached hydrogens (tertiary/aromatic N) is 5. The third kappa shape index (κ3) is 2.79. The molecule has 7 heteroatoms. The molecular weight excluding hydrogens is 354 g/mol. The lowest BCUT2D eigenvalue weighted by atomic mass is 9.82. The molecule has 3 aromatic heterocycles. The van der Waals surface area contributed by atoms with Crippen molar-refractivity contribution in [3.63, 3.8) is 0 Å². The summed E-state index contributed by atoms with van der Waals surface area (Å²) in [7, 11) is 0. The van der Waals surface area contributed by atoms with Gasteiger partial charge in [0.2, 0.25) is 0 Å². The van der Waals surface area contributed by atoms with E-state index in [1.807, 2.05) is 33.7 Å². The van der Waals surface area contributed by atoms with Gasteiger partial charge in [-0.1, -0.05) is 6.07 Å². The largest absolute Gasteiger partial charge is 0.336 e. The van der Waals surface area contributed by atoms with Crippen LogP contribution in [0, 0.1) is 5.92 Å². The fourth-order valence-electron chi connectivity index (χ4n) is 4.42. The van der Waals surface area contributed by atoms with Gasteiger partial charge in [0.05, 0.1) is 6.20 Å². The number of aromatic nitrogens is 4. The second-order valence-electron chi connectivity index (χ2n) is 7.43. The van der Waals surface area contributed by atoms with Gasteiger partial charge < -0.3 is 9.47 Å². The maximum Gasteiger partial charge on any atom is 0.274 e. The first-order valence-corrected chi connectivity index (χ1v) is 9.40. The average Bonchev–Trinajstić information content (AvgIpc) is 2.75. The summed E-state index contributed by atoms with van der Waals surface area (Å²) in [5.41, 5.74) is 2.90. The van der Waals surface area contributed by atoms with Crippen LogP contribution >= 0.6 is 0 Å². The maximum atomic E-state index is 13.1. The van der Waals surface area contributed by atoms with Crippen molar-refractivity contribution in [1.29, 1.82) is 0 Å². The van der Waals surface area contributed by atoms with E-state index in [1.54, 1.807) is 18.6 Å². The van der Waals surface area contributed by atoms with E-state index in [0.717, 1.165) is 17.7 Å². The molecule has 3 aromatic rings. The van der Waals surface area contributed by atoms with Crippen molar-refractivity contribution in [3.05, 3.63) is 77.0 Å². The summed E-state index contributed by atoms with van der Waals surface area (Å²) >= 11 is 0. The molecule has 140 valence electrons. The number of carbonyl (C=O) groups is 1. The quantitative estimate of drug-likeness (QED) is 0.686. The Hall–Kier alpha value is -3.35. The van der Waals surface area contributed by atoms with Crippen LogP contribution in [0.2, 0.25) is 0 Å². The molecule has 0 saturated carbocycles. The topological polar surface area (TPSA) is 81.0 Å². The van der Waals surface area contributed by atoms with Gasteiger partial charge in [0.1, 0.15) is 5.69 Å². The summed E-state index contributed by atoms with van der Waals surface area (Å²) < 4.78 is 1.89. The van der Waals surface area contributed by atoms with Crippen molar-refractivity contribution in [2.24, 2.45) is 5.92 Å². The Morgan fingerprint density at radius 2 is 1.89 bits per heavy atom. The van der Waals surface area contributed by atoms with Crippen LogP contribution in [0.3, 0.4) is 0 Å². The van der Waals surface area contributed by atoms with E-state index in [1.165, 1.54) is 12.4 Å². The Morgan fingerprint density at radius 3 is 2.68 bits per heavy atom. The Bertz CT molecular complexity index is 1080. The molecule has 0 N–H and O–H groups in total. The zero-order valence-electron chi connectivity index (χ0n) is 15.2. The summed E-state index contributed by atoms with van der Waals surface area (Å²) in [6.07, 6.45) is 9.01. The summed E-state index contributed by atoms with van der Waals surface area (Å²) in [5, 5.41) is 0. The molecule has 2 bridgehead atoms. The van der Waals surface area contributed by atoms with Gasteiger partial charge >= 0.3 is 0 Å². The van der Waals surface area contributed by atoms with E-state index < -0.39 is 0 Å². The molecule has 5 heterocycles. The third-order valence-electron chi connectivity index (χ3n) is 5.65. The van der Waals surface area contributed by atoms with E-state index in [4.69, 9.17) is 0 Å². The number of likely N-dealkylation sites (tertiary alicyclic amines) is 1. The van der Waals surface area contributed by atoms with Crippen molar-refractivity contribution < 1.29 is 4.79 Å². The number of amides is 1. The van der Waals surface area contributed by atoms with Crippen molar-refractivity contribution in [2.75, 3.05) is 13.1 Å². The van der Waals surface area contributed by atoms with Crippen LogP contribution in [0.15, 0.2) is 60.0 Å². The maximum absolute atomic E-state index is 13.1. The van der Waals surface area contributed by atoms with E-state index in [2.05, 4.69) is 15.0 Å². The van der Waals surface area contributed by atoms with Crippen LogP contribution in [0.1, 0.15) is 28.5 Å². The Labute approximate surface area is 161 Å². The number of fused-ring (bicyclic) bond motifs is 4. The summed E-state index contributed by atoms with van der Waals surface area (Å²) in [6, 6.07) is 7.65.